The minimum absolute atomic E-state index is 0.126. The number of hydrogen-bond acceptors (Lipinski definition) is 8. The molecule has 5 aromatic rings. The molecule has 2 amide bonds. The number of ether oxygens (including phenoxy) is 2. The summed E-state index contributed by atoms with van der Waals surface area (Å²) in [6, 6.07) is 14.3. The van der Waals surface area contributed by atoms with E-state index in [1.54, 1.807) is 21.1 Å². The fourth-order valence-electron chi connectivity index (χ4n) is 6.49. The summed E-state index contributed by atoms with van der Waals surface area (Å²) in [6.07, 6.45) is 6.58. The third-order valence-electron chi connectivity index (χ3n) is 8.73. The molecule has 2 aliphatic rings. The molecule has 11 nitrogen and oxygen atoms in total. The molecule has 0 radical (unpaired) electrons. The molecule has 0 aliphatic carbocycles. The number of aromatic amines is 2. The van der Waals surface area contributed by atoms with Crippen molar-refractivity contribution in [3.05, 3.63) is 66.5 Å². The predicted octanol–water partition coefficient (Wildman–Crippen LogP) is 8.89. The van der Waals surface area contributed by atoms with Gasteiger partial charge in [-0.05, 0) is 84.9 Å². The lowest BCUT2D eigenvalue weighted by Crippen LogP contribution is -2.36. The lowest BCUT2D eigenvalue weighted by Gasteiger charge is -2.27. The molecule has 49 heavy (non-hydrogen) atoms. The van der Waals surface area contributed by atoms with Crippen molar-refractivity contribution < 1.29 is 19.1 Å². The predicted molar refractivity (Wildman–Crippen MR) is 190 cm³/mol. The summed E-state index contributed by atoms with van der Waals surface area (Å²) < 4.78 is 12.4. The van der Waals surface area contributed by atoms with E-state index in [0.717, 1.165) is 80.6 Å². The second-order valence-electron chi connectivity index (χ2n) is 14.8. The monoisotopic (exact) mass is 681 g/mol. The Kier molecular flexibility index (Phi) is 8.46. The van der Waals surface area contributed by atoms with Crippen LogP contribution in [0.4, 0.5) is 9.59 Å². The largest absolute Gasteiger partial charge is 0.444 e. The van der Waals surface area contributed by atoms with Crippen molar-refractivity contribution in [2.75, 3.05) is 13.1 Å². The quantitative estimate of drug-likeness (QED) is 0.190. The van der Waals surface area contributed by atoms with E-state index in [2.05, 4.69) is 56.3 Å². The number of rotatable bonds is 5. The first-order valence-corrected chi connectivity index (χ1v) is 17.7. The number of benzene rings is 2. The molecular formula is C37H43N7O4S. The van der Waals surface area contributed by atoms with Crippen LogP contribution in [0.25, 0.3) is 43.3 Å². The topological polar surface area (TPSA) is 129 Å². The maximum atomic E-state index is 12.8. The molecule has 2 N–H and O–H groups in total. The Labute approximate surface area is 290 Å². The number of nitrogens with one attached hydrogen (secondary N) is 2. The summed E-state index contributed by atoms with van der Waals surface area (Å²) in [7, 11) is 0. The van der Waals surface area contributed by atoms with Gasteiger partial charge < -0.3 is 19.4 Å². The van der Waals surface area contributed by atoms with Gasteiger partial charge in [0.1, 0.15) is 27.9 Å². The van der Waals surface area contributed by atoms with Crippen LogP contribution in [-0.4, -0.2) is 71.2 Å². The van der Waals surface area contributed by atoms with Crippen molar-refractivity contribution in [1.29, 1.82) is 0 Å². The Bertz CT molecular complexity index is 1980. The molecule has 2 saturated heterocycles. The standard InChI is InChI=1S/C37H43N7O4S/c1-36(2,3)47-34(45)43-17-7-9-28(43)31-38-20-26(40-31)22-11-13-23(14-12-22)33-42-25-16-15-24(19-30(25)49-33)27-21-39-32(41-27)29-10-8-18-44(29)35(46)48-37(4,5)6/h11-16,19-21,28-29H,7-10,17-18H2,1-6H3,(H,38,40)(H,39,41)/t28?,29-/m0/s1. The number of fused-ring (bicyclic) bond motifs is 1. The van der Waals surface area contributed by atoms with Crippen LogP contribution in [0.5, 0.6) is 0 Å². The highest BCUT2D eigenvalue weighted by atomic mass is 32.1. The Morgan fingerprint density at radius 2 is 1.22 bits per heavy atom. The van der Waals surface area contributed by atoms with Crippen LogP contribution in [-0.2, 0) is 9.47 Å². The summed E-state index contributed by atoms with van der Waals surface area (Å²) in [5, 5.41) is 0.937. The van der Waals surface area contributed by atoms with Crippen LogP contribution in [0.2, 0.25) is 0 Å². The first-order chi connectivity index (χ1) is 23.3. The van der Waals surface area contributed by atoms with Crippen molar-refractivity contribution >= 4 is 33.7 Å². The van der Waals surface area contributed by atoms with Gasteiger partial charge in [-0.2, -0.15) is 0 Å². The average molecular weight is 682 g/mol. The number of thiazole rings is 1. The second kappa shape index (κ2) is 12.6. The zero-order valence-corrected chi connectivity index (χ0v) is 29.7. The van der Waals surface area contributed by atoms with Gasteiger partial charge in [0.05, 0.1) is 46.1 Å². The molecule has 0 saturated carbocycles. The molecular weight excluding hydrogens is 639 g/mol. The third kappa shape index (κ3) is 7.05. The van der Waals surface area contributed by atoms with Crippen LogP contribution in [0, 0.1) is 0 Å². The van der Waals surface area contributed by atoms with E-state index in [-0.39, 0.29) is 24.3 Å². The highest BCUT2D eigenvalue weighted by Gasteiger charge is 2.36. The minimum Gasteiger partial charge on any atom is -0.444 e. The van der Waals surface area contributed by atoms with E-state index in [9.17, 15) is 9.59 Å². The first-order valence-electron chi connectivity index (χ1n) is 16.9. The van der Waals surface area contributed by atoms with Gasteiger partial charge in [-0.3, -0.25) is 9.80 Å². The van der Waals surface area contributed by atoms with Crippen LogP contribution in [0.15, 0.2) is 54.9 Å². The molecule has 256 valence electrons. The van der Waals surface area contributed by atoms with E-state index in [1.807, 2.05) is 60.0 Å². The van der Waals surface area contributed by atoms with E-state index in [0.29, 0.717) is 13.1 Å². The molecule has 2 fully saturated rings. The SMILES string of the molecule is CC(C)(C)OC(=O)N1CCCC1c1ncc(-c2ccc(-c3nc4ccc(-c5cnc([C@@H]6CCCN6C(=O)OC(C)(C)C)[nH]5)cc4s3)cc2)[nH]1. The highest BCUT2D eigenvalue weighted by molar-refractivity contribution is 7.21. The summed E-state index contributed by atoms with van der Waals surface area (Å²) in [5.74, 6) is 1.55. The summed E-state index contributed by atoms with van der Waals surface area (Å²) in [6.45, 7) is 12.6. The maximum Gasteiger partial charge on any atom is 0.410 e. The normalized spacial score (nSPS) is 18.4. The number of hydrogen-bond donors (Lipinski definition) is 2. The molecule has 1 unspecified atom stereocenters. The van der Waals surface area contributed by atoms with Gasteiger partial charge in [0.2, 0.25) is 0 Å². The van der Waals surface area contributed by atoms with Crippen molar-refractivity contribution in [2.24, 2.45) is 0 Å². The van der Waals surface area contributed by atoms with Gasteiger partial charge in [-0.1, -0.05) is 30.3 Å². The van der Waals surface area contributed by atoms with E-state index in [4.69, 9.17) is 14.5 Å². The van der Waals surface area contributed by atoms with Crippen molar-refractivity contribution in [3.8, 4) is 33.1 Å². The lowest BCUT2D eigenvalue weighted by molar-refractivity contribution is 0.0208. The number of aromatic nitrogens is 5. The Morgan fingerprint density at radius 1 is 0.735 bits per heavy atom. The minimum atomic E-state index is -0.545. The lowest BCUT2D eigenvalue weighted by atomic mass is 10.1. The molecule has 5 heterocycles. The number of likely N-dealkylation sites (tertiary alicyclic amines) is 2. The second-order valence-corrected chi connectivity index (χ2v) is 15.8. The smallest absolute Gasteiger partial charge is 0.410 e. The fraction of sp³-hybridized carbons (Fsp3) is 0.432. The number of nitrogens with zero attached hydrogens (tertiary/aromatic N) is 5. The van der Waals surface area contributed by atoms with E-state index < -0.39 is 11.2 Å². The number of carbonyl (C=O) groups excluding carboxylic acids is 2. The maximum absolute atomic E-state index is 12.8. The molecule has 2 atom stereocenters. The first kappa shape index (κ1) is 32.8. The van der Waals surface area contributed by atoms with Gasteiger partial charge in [0.25, 0.3) is 0 Å². The van der Waals surface area contributed by atoms with Crippen molar-refractivity contribution in [3.63, 3.8) is 0 Å². The summed E-state index contributed by atoms with van der Waals surface area (Å²) in [4.78, 5) is 50.3. The van der Waals surface area contributed by atoms with Crippen molar-refractivity contribution in [1.82, 2.24) is 34.7 Å². The number of imidazole rings is 2. The molecule has 0 spiro atoms. The zero-order valence-electron chi connectivity index (χ0n) is 28.9. The summed E-state index contributed by atoms with van der Waals surface area (Å²) in [5.41, 5.74) is 4.70. The molecule has 2 aliphatic heterocycles. The van der Waals surface area contributed by atoms with E-state index >= 15 is 0 Å². The zero-order chi connectivity index (χ0) is 34.5. The molecule has 7 rings (SSSR count). The fourth-order valence-corrected chi connectivity index (χ4v) is 7.50. The van der Waals surface area contributed by atoms with Gasteiger partial charge in [0, 0.05) is 24.2 Å². The molecule has 3 aromatic heterocycles. The highest BCUT2D eigenvalue weighted by Crippen LogP contribution is 2.37. The Hall–Kier alpha value is -4.71. The van der Waals surface area contributed by atoms with Gasteiger partial charge in [0.15, 0.2) is 0 Å². The summed E-state index contributed by atoms with van der Waals surface area (Å²) >= 11 is 1.65. The molecule has 2 aromatic carbocycles. The van der Waals surface area contributed by atoms with Crippen LogP contribution < -0.4 is 0 Å². The number of H-pyrrole nitrogens is 2. The molecule has 0 bridgehead atoms. The number of amides is 2. The Morgan fingerprint density at radius 3 is 1.76 bits per heavy atom. The van der Waals surface area contributed by atoms with E-state index in [1.165, 1.54) is 0 Å². The number of carbonyl (C=O) groups is 2. The van der Waals surface area contributed by atoms with Crippen LogP contribution >= 0.6 is 11.3 Å². The van der Waals surface area contributed by atoms with Crippen molar-refractivity contribution in [2.45, 2.75) is 90.5 Å². The molecule has 12 heteroatoms. The van der Waals surface area contributed by atoms with Crippen LogP contribution in [0.3, 0.4) is 0 Å². The van der Waals surface area contributed by atoms with Gasteiger partial charge >= 0.3 is 12.2 Å². The van der Waals surface area contributed by atoms with Crippen LogP contribution in [0.1, 0.15) is 91.0 Å². The van der Waals surface area contributed by atoms with Gasteiger partial charge in [-0.25, -0.2) is 24.5 Å². The third-order valence-corrected chi connectivity index (χ3v) is 9.79. The Balaban J connectivity index is 1.05. The van der Waals surface area contributed by atoms with Gasteiger partial charge in [-0.15, -0.1) is 11.3 Å². The average Bonchev–Trinajstić information content (AvgIpc) is 3.87.